The molecule has 1 heterocycles. The first-order valence-electron chi connectivity index (χ1n) is 3.58. The summed E-state index contributed by atoms with van der Waals surface area (Å²) in [6, 6.07) is 0. The van der Waals surface area contributed by atoms with Gasteiger partial charge in [0.05, 0.1) is 18.9 Å². The van der Waals surface area contributed by atoms with Crippen molar-refractivity contribution in [2.24, 2.45) is 0 Å². The number of carbonyl (C=O) groups is 1. The Balaban J connectivity index is 2.58. The fourth-order valence-corrected chi connectivity index (χ4v) is 0.680. The lowest BCUT2D eigenvalue weighted by Crippen LogP contribution is -1.97. The van der Waals surface area contributed by atoms with E-state index in [9.17, 15) is 4.79 Å². The molecule has 0 aliphatic carbocycles. The maximum atomic E-state index is 10.6. The zero-order chi connectivity index (χ0) is 9.68. The molecule has 0 radical (unpaired) electrons. The molecule has 0 atom stereocenters. The zero-order valence-corrected chi connectivity index (χ0v) is 7.13. The lowest BCUT2D eigenvalue weighted by molar-refractivity contribution is -0.139. The highest BCUT2D eigenvalue weighted by Crippen LogP contribution is 2.02. The number of carbonyl (C=O) groups excluding carboxylic acids is 1. The number of nitrogens with zero attached hydrogens (tertiary/aromatic N) is 1. The van der Waals surface area contributed by atoms with E-state index in [1.807, 2.05) is 0 Å². The van der Waals surface area contributed by atoms with Crippen LogP contribution in [0.5, 0.6) is 0 Å². The molecule has 0 aliphatic rings. The number of anilines is 1. The van der Waals surface area contributed by atoms with Gasteiger partial charge in [-0.1, -0.05) is 11.8 Å². The number of nitrogens with two attached hydrogens (primary N) is 1. The van der Waals surface area contributed by atoms with Crippen LogP contribution in [-0.2, 0) is 9.53 Å². The maximum absolute atomic E-state index is 10.6. The van der Waals surface area contributed by atoms with Gasteiger partial charge in [-0.15, -0.1) is 0 Å². The van der Waals surface area contributed by atoms with E-state index in [4.69, 9.17) is 5.73 Å². The van der Waals surface area contributed by atoms with Crippen LogP contribution in [0.1, 0.15) is 12.0 Å². The Morgan fingerprint density at radius 1 is 1.85 bits per heavy atom. The smallest absolute Gasteiger partial charge is 0.317 e. The Hall–Kier alpha value is -1.96. The fraction of sp³-hybridized carbons (Fsp3) is 0.250. The summed E-state index contributed by atoms with van der Waals surface area (Å²) in [4.78, 5) is 10.6. The molecule has 0 saturated carbocycles. The minimum atomic E-state index is -0.366. The number of methoxy groups -OCH3 is 1. The lowest BCUT2D eigenvalue weighted by Gasteiger charge is -1.89. The monoisotopic (exact) mass is 179 g/mol. The topological polar surface area (TPSA) is 81.0 Å². The van der Waals surface area contributed by atoms with Gasteiger partial charge in [0.2, 0.25) is 0 Å². The normalized spacial score (nSPS) is 8.69. The molecular formula is C8H9N3O2. The summed E-state index contributed by atoms with van der Waals surface area (Å²) in [6.07, 6.45) is 1.56. The van der Waals surface area contributed by atoms with Crippen LogP contribution in [0.4, 0.5) is 5.82 Å². The molecule has 0 fully saturated rings. The first kappa shape index (κ1) is 9.13. The molecule has 0 spiro atoms. The minimum absolute atomic E-state index is 0.0567. The quantitative estimate of drug-likeness (QED) is 0.466. The summed E-state index contributed by atoms with van der Waals surface area (Å²) in [5.41, 5.74) is 6.04. The zero-order valence-electron chi connectivity index (χ0n) is 7.13. The molecule has 3 N–H and O–H groups in total. The molecule has 0 aliphatic heterocycles. The summed E-state index contributed by atoms with van der Waals surface area (Å²) < 4.78 is 4.40. The predicted molar refractivity (Wildman–Crippen MR) is 46.5 cm³/mol. The van der Waals surface area contributed by atoms with E-state index in [0.29, 0.717) is 11.4 Å². The van der Waals surface area contributed by atoms with Crippen molar-refractivity contribution in [3.8, 4) is 11.8 Å². The number of aromatic nitrogens is 2. The molecular weight excluding hydrogens is 170 g/mol. The van der Waals surface area contributed by atoms with Crippen molar-refractivity contribution in [2.45, 2.75) is 6.42 Å². The van der Waals surface area contributed by atoms with Crippen LogP contribution in [0.2, 0.25) is 0 Å². The fourth-order valence-electron chi connectivity index (χ4n) is 0.680. The highest BCUT2D eigenvalue weighted by molar-refractivity contribution is 5.72. The van der Waals surface area contributed by atoms with E-state index in [2.05, 4.69) is 26.8 Å². The van der Waals surface area contributed by atoms with Crippen molar-refractivity contribution in [3.63, 3.8) is 0 Å². The van der Waals surface area contributed by atoms with Gasteiger partial charge in [-0.3, -0.25) is 9.89 Å². The Bertz CT molecular complexity index is 359. The molecule has 1 aromatic rings. The lowest BCUT2D eigenvalue weighted by atomic mass is 10.3. The van der Waals surface area contributed by atoms with Gasteiger partial charge >= 0.3 is 5.97 Å². The van der Waals surface area contributed by atoms with E-state index in [1.54, 1.807) is 0 Å². The summed E-state index contributed by atoms with van der Waals surface area (Å²) >= 11 is 0. The minimum Gasteiger partial charge on any atom is -0.468 e. The van der Waals surface area contributed by atoms with Gasteiger partial charge in [0.1, 0.15) is 12.2 Å². The number of nitrogen functional groups attached to an aromatic ring is 1. The second kappa shape index (κ2) is 4.16. The molecule has 0 saturated heterocycles. The summed E-state index contributed by atoms with van der Waals surface area (Å²) in [5.74, 6) is 5.34. The number of nitrogens with one attached hydrogen (secondary N) is 1. The first-order chi connectivity index (χ1) is 6.24. The standard InChI is InChI=1S/C8H9N3O2/c1-13-7(12)4-2-3-6-5-10-11-8(6)9/h5H,4H2,1H3,(H3,9,10,11). The number of aromatic amines is 1. The Morgan fingerprint density at radius 3 is 3.15 bits per heavy atom. The van der Waals surface area contributed by atoms with Crippen molar-refractivity contribution in [1.82, 2.24) is 10.2 Å². The third kappa shape index (κ3) is 2.52. The average Bonchev–Trinajstić information content (AvgIpc) is 2.52. The second-order valence-electron chi connectivity index (χ2n) is 2.25. The van der Waals surface area contributed by atoms with Crippen LogP contribution in [0, 0.1) is 11.8 Å². The second-order valence-corrected chi connectivity index (χ2v) is 2.25. The van der Waals surface area contributed by atoms with Crippen molar-refractivity contribution in [2.75, 3.05) is 12.8 Å². The van der Waals surface area contributed by atoms with E-state index in [0.717, 1.165) is 0 Å². The molecule has 5 heteroatoms. The Kier molecular flexibility index (Phi) is 2.92. The molecule has 0 unspecified atom stereocenters. The molecule has 0 aromatic carbocycles. The van der Waals surface area contributed by atoms with Gasteiger partial charge in [0.15, 0.2) is 0 Å². The molecule has 13 heavy (non-hydrogen) atoms. The van der Waals surface area contributed by atoms with Crippen molar-refractivity contribution < 1.29 is 9.53 Å². The number of esters is 1. The number of hydrogen-bond acceptors (Lipinski definition) is 4. The van der Waals surface area contributed by atoms with Crippen LogP contribution >= 0.6 is 0 Å². The molecule has 0 bridgehead atoms. The highest BCUT2D eigenvalue weighted by atomic mass is 16.5. The Morgan fingerprint density at radius 2 is 2.62 bits per heavy atom. The van der Waals surface area contributed by atoms with Crippen LogP contribution in [0.25, 0.3) is 0 Å². The van der Waals surface area contributed by atoms with Crippen LogP contribution < -0.4 is 5.73 Å². The SMILES string of the molecule is COC(=O)CC#Cc1cn[nH]c1N. The number of rotatable bonds is 1. The van der Waals surface area contributed by atoms with Gasteiger partial charge in [0.25, 0.3) is 0 Å². The van der Waals surface area contributed by atoms with Gasteiger partial charge in [-0.05, 0) is 0 Å². The van der Waals surface area contributed by atoms with Crippen molar-refractivity contribution in [1.29, 1.82) is 0 Å². The molecule has 1 aromatic heterocycles. The van der Waals surface area contributed by atoms with Gasteiger partial charge in [0, 0.05) is 0 Å². The molecule has 0 amide bonds. The van der Waals surface area contributed by atoms with Crippen LogP contribution in [0.15, 0.2) is 6.20 Å². The van der Waals surface area contributed by atoms with E-state index in [-0.39, 0.29) is 12.4 Å². The van der Waals surface area contributed by atoms with Crippen molar-refractivity contribution >= 4 is 11.8 Å². The third-order valence-corrected chi connectivity index (χ3v) is 1.35. The summed E-state index contributed by atoms with van der Waals surface area (Å²) in [5, 5.41) is 6.20. The van der Waals surface area contributed by atoms with E-state index in [1.165, 1.54) is 13.3 Å². The highest BCUT2D eigenvalue weighted by Gasteiger charge is 1.96. The summed E-state index contributed by atoms with van der Waals surface area (Å²) in [7, 11) is 1.32. The van der Waals surface area contributed by atoms with E-state index < -0.39 is 0 Å². The van der Waals surface area contributed by atoms with E-state index >= 15 is 0 Å². The molecule has 68 valence electrons. The largest absolute Gasteiger partial charge is 0.468 e. The van der Waals surface area contributed by atoms with Crippen LogP contribution in [0.3, 0.4) is 0 Å². The molecule has 1 rings (SSSR count). The first-order valence-corrected chi connectivity index (χ1v) is 3.58. The number of ether oxygens (including phenoxy) is 1. The van der Waals surface area contributed by atoms with Crippen molar-refractivity contribution in [3.05, 3.63) is 11.8 Å². The van der Waals surface area contributed by atoms with Gasteiger partial charge in [-0.2, -0.15) is 5.10 Å². The number of hydrogen-bond donors (Lipinski definition) is 2. The maximum Gasteiger partial charge on any atom is 0.317 e. The predicted octanol–water partition coefficient (Wildman–Crippen LogP) is -0.0935. The third-order valence-electron chi connectivity index (χ3n) is 1.35. The summed E-state index contributed by atoms with van der Waals surface area (Å²) in [6.45, 7) is 0. The Labute approximate surface area is 75.3 Å². The van der Waals surface area contributed by atoms with Gasteiger partial charge in [-0.25, -0.2) is 0 Å². The van der Waals surface area contributed by atoms with Gasteiger partial charge < -0.3 is 10.5 Å². The average molecular weight is 179 g/mol. The number of H-pyrrole nitrogens is 1. The molecule has 5 nitrogen and oxygen atoms in total. The van der Waals surface area contributed by atoms with Crippen LogP contribution in [-0.4, -0.2) is 23.3 Å².